The number of fused-ring (bicyclic) bond motifs is 5. The van der Waals surface area contributed by atoms with Gasteiger partial charge in [-0.05, 0) is 77.5 Å². The fraction of sp³-hybridized carbons (Fsp3) is 0.364. The maximum absolute atomic E-state index is 11.2. The Labute approximate surface area is 142 Å². The second-order valence-electron chi connectivity index (χ2n) is 7.49. The lowest BCUT2D eigenvalue weighted by Crippen LogP contribution is -2.51. The van der Waals surface area contributed by atoms with Gasteiger partial charge in [-0.1, -0.05) is 42.5 Å². The highest BCUT2D eigenvalue weighted by Gasteiger charge is 2.38. The summed E-state index contributed by atoms with van der Waals surface area (Å²) in [4.78, 5) is 2.50. The van der Waals surface area contributed by atoms with E-state index in [1.165, 1.54) is 34.4 Å². The summed E-state index contributed by atoms with van der Waals surface area (Å²) in [6, 6.07) is 19.6. The lowest BCUT2D eigenvalue weighted by molar-refractivity contribution is -0.0263. The lowest BCUT2D eigenvalue weighted by atomic mass is 9.79. The molecule has 6 rings (SSSR count). The Bertz CT molecular complexity index is 895. The Balaban J connectivity index is 1.62. The molecular weight excluding hydrogens is 294 g/mol. The molecule has 24 heavy (non-hydrogen) atoms. The maximum atomic E-state index is 11.2. The number of benzene rings is 3. The van der Waals surface area contributed by atoms with E-state index in [1.54, 1.807) is 0 Å². The zero-order valence-corrected chi connectivity index (χ0v) is 13.9. The normalized spacial score (nSPS) is 27.6. The van der Waals surface area contributed by atoms with E-state index in [1.807, 2.05) is 0 Å². The predicted octanol–water partition coefficient (Wildman–Crippen LogP) is 4.51. The smallest absolute Gasteiger partial charge is 0.0951 e. The van der Waals surface area contributed by atoms with Crippen molar-refractivity contribution in [3.05, 3.63) is 60.2 Å². The Morgan fingerprint density at radius 3 is 2.29 bits per heavy atom. The van der Waals surface area contributed by atoms with Gasteiger partial charge in [0.05, 0.1) is 6.10 Å². The largest absolute Gasteiger partial charge is 0.387 e. The van der Waals surface area contributed by atoms with Gasteiger partial charge in [-0.3, -0.25) is 4.90 Å². The summed E-state index contributed by atoms with van der Waals surface area (Å²) in [7, 11) is 0. The molecule has 2 bridgehead atoms. The van der Waals surface area contributed by atoms with E-state index in [4.69, 9.17) is 0 Å². The molecule has 3 aromatic carbocycles. The van der Waals surface area contributed by atoms with Crippen molar-refractivity contribution in [2.45, 2.75) is 31.4 Å². The molecule has 0 saturated carbocycles. The van der Waals surface area contributed by atoms with Crippen molar-refractivity contribution in [1.29, 1.82) is 0 Å². The number of rotatable bonds is 2. The van der Waals surface area contributed by atoms with Crippen molar-refractivity contribution in [2.24, 2.45) is 5.92 Å². The van der Waals surface area contributed by atoms with Gasteiger partial charge in [-0.2, -0.15) is 0 Å². The number of aliphatic hydroxyl groups is 1. The third-order valence-corrected chi connectivity index (χ3v) is 6.16. The van der Waals surface area contributed by atoms with Crippen LogP contribution in [0.15, 0.2) is 54.6 Å². The summed E-state index contributed by atoms with van der Waals surface area (Å²) < 4.78 is 0. The van der Waals surface area contributed by atoms with Gasteiger partial charge in [0.1, 0.15) is 0 Å². The van der Waals surface area contributed by atoms with Crippen molar-refractivity contribution in [1.82, 2.24) is 4.90 Å². The second kappa shape index (κ2) is 5.58. The van der Waals surface area contributed by atoms with E-state index >= 15 is 0 Å². The minimum absolute atomic E-state index is 0.287. The second-order valence-corrected chi connectivity index (χ2v) is 7.49. The van der Waals surface area contributed by atoms with Crippen molar-refractivity contribution in [2.75, 3.05) is 13.1 Å². The molecular formula is C22H23NO. The number of hydrogen-bond acceptors (Lipinski definition) is 2. The minimum atomic E-state index is -0.391. The standard InChI is InChI=1S/C22H23NO/c24-22(21-12-15-8-10-23(21)11-9-15)19-7-3-6-18-13-16-4-1-2-5-17(16)14-20(18)19/h1-7,13-15,21-22,24H,8-12H2/t21-,22+/m1/s1. The molecule has 3 fully saturated rings. The van der Waals surface area contributed by atoms with E-state index in [2.05, 4.69) is 59.5 Å². The third kappa shape index (κ3) is 2.25. The van der Waals surface area contributed by atoms with Crippen LogP contribution in [0.1, 0.15) is 30.9 Å². The number of piperidine rings is 3. The van der Waals surface area contributed by atoms with Gasteiger partial charge in [0, 0.05) is 6.04 Å². The predicted molar refractivity (Wildman–Crippen MR) is 99.1 cm³/mol. The zero-order chi connectivity index (χ0) is 16.1. The van der Waals surface area contributed by atoms with Gasteiger partial charge in [0.15, 0.2) is 0 Å². The Morgan fingerprint density at radius 2 is 1.58 bits per heavy atom. The first-order valence-corrected chi connectivity index (χ1v) is 9.13. The highest BCUT2D eigenvalue weighted by atomic mass is 16.3. The van der Waals surface area contributed by atoms with Crippen LogP contribution in [0.25, 0.3) is 21.5 Å². The summed E-state index contributed by atoms with van der Waals surface area (Å²) in [5.41, 5.74) is 1.09. The van der Waals surface area contributed by atoms with Crippen LogP contribution in [0.2, 0.25) is 0 Å². The summed E-state index contributed by atoms with van der Waals surface area (Å²) in [5, 5.41) is 16.1. The molecule has 2 atom stereocenters. The van der Waals surface area contributed by atoms with E-state index < -0.39 is 6.10 Å². The van der Waals surface area contributed by atoms with Crippen molar-refractivity contribution in [3.63, 3.8) is 0 Å². The molecule has 0 aromatic heterocycles. The van der Waals surface area contributed by atoms with Crippen molar-refractivity contribution in [3.8, 4) is 0 Å². The molecule has 2 heteroatoms. The van der Waals surface area contributed by atoms with Crippen LogP contribution in [-0.2, 0) is 0 Å². The summed E-state index contributed by atoms with van der Waals surface area (Å²) in [6.45, 7) is 2.31. The summed E-state index contributed by atoms with van der Waals surface area (Å²) >= 11 is 0. The van der Waals surface area contributed by atoms with Crippen LogP contribution < -0.4 is 0 Å². The first kappa shape index (κ1) is 14.4. The molecule has 3 aliphatic heterocycles. The molecule has 3 saturated heterocycles. The fourth-order valence-electron chi connectivity index (χ4n) is 4.80. The Kier molecular flexibility index (Phi) is 3.36. The van der Waals surface area contributed by atoms with Gasteiger partial charge in [-0.25, -0.2) is 0 Å². The lowest BCUT2D eigenvalue weighted by Gasteiger charge is -2.47. The maximum Gasteiger partial charge on any atom is 0.0951 e. The molecule has 1 N–H and O–H groups in total. The molecule has 0 aliphatic carbocycles. The molecule has 0 amide bonds. The highest BCUT2D eigenvalue weighted by Crippen LogP contribution is 2.39. The van der Waals surface area contributed by atoms with Gasteiger partial charge in [-0.15, -0.1) is 0 Å². The molecule has 0 radical (unpaired) electrons. The van der Waals surface area contributed by atoms with Gasteiger partial charge in [0.25, 0.3) is 0 Å². The Morgan fingerprint density at radius 1 is 0.875 bits per heavy atom. The zero-order valence-electron chi connectivity index (χ0n) is 13.9. The van der Waals surface area contributed by atoms with Crippen LogP contribution in [0.4, 0.5) is 0 Å². The fourth-order valence-corrected chi connectivity index (χ4v) is 4.80. The molecule has 3 aromatic rings. The highest BCUT2D eigenvalue weighted by molar-refractivity contribution is 5.99. The molecule has 122 valence electrons. The van der Waals surface area contributed by atoms with Gasteiger partial charge in [0.2, 0.25) is 0 Å². The van der Waals surface area contributed by atoms with Gasteiger partial charge < -0.3 is 5.11 Å². The number of nitrogens with zero attached hydrogens (tertiary/aromatic N) is 1. The molecule has 0 unspecified atom stereocenters. The summed E-state index contributed by atoms with van der Waals surface area (Å²) in [5.74, 6) is 0.811. The average molecular weight is 317 g/mol. The minimum Gasteiger partial charge on any atom is -0.387 e. The quantitative estimate of drug-likeness (QED) is 0.703. The Hall–Kier alpha value is -1.90. The van der Waals surface area contributed by atoms with E-state index in [0.29, 0.717) is 0 Å². The first-order valence-electron chi connectivity index (χ1n) is 9.13. The monoisotopic (exact) mass is 317 g/mol. The topological polar surface area (TPSA) is 23.5 Å². The van der Waals surface area contributed by atoms with E-state index in [9.17, 15) is 5.11 Å². The van der Waals surface area contributed by atoms with Gasteiger partial charge >= 0.3 is 0 Å². The SMILES string of the molecule is O[C@@H](c1cccc2cc3ccccc3cc12)[C@H]1CC2CCN1CC2. The van der Waals surface area contributed by atoms with Crippen LogP contribution in [0, 0.1) is 5.92 Å². The molecule has 2 nitrogen and oxygen atoms in total. The molecule has 3 heterocycles. The molecule has 0 spiro atoms. The first-order chi connectivity index (χ1) is 11.8. The van der Waals surface area contributed by atoms with Crippen molar-refractivity contribution < 1.29 is 5.11 Å². The van der Waals surface area contributed by atoms with Crippen LogP contribution in [-0.4, -0.2) is 29.1 Å². The number of aliphatic hydroxyl groups excluding tert-OH is 1. The molecule has 3 aliphatic rings. The van der Waals surface area contributed by atoms with Crippen LogP contribution in [0.3, 0.4) is 0 Å². The third-order valence-electron chi connectivity index (χ3n) is 6.16. The van der Waals surface area contributed by atoms with Crippen LogP contribution >= 0.6 is 0 Å². The average Bonchev–Trinajstić information content (AvgIpc) is 2.66. The van der Waals surface area contributed by atoms with Crippen LogP contribution in [0.5, 0.6) is 0 Å². The van der Waals surface area contributed by atoms with E-state index in [-0.39, 0.29) is 6.04 Å². The summed E-state index contributed by atoms with van der Waals surface area (Å²) in [6.07, 6.45) is 3.37. The van der Waals surface area contributed by atoms with E-state index in [0.717, 1.165) is 31.0 Å². The van der Waals surface area contributed by atoms with Crippen molar-refractivity contribution >= 4 is 21.5 Å². The number of hydrogen-bond donors (Lipinski definition) is 1.